The summed E-state index contributed by atoms with van der Waals surface area (Å²) in [5, 5.41) is 8.08. The first-order chi connectivity index (χ1) is 5.45. The van der Waals surface area contributed by atoms with Crippen molar-refractivity contribution in [3.8, 4) is 0 Å². The number of hydrogen-bond donors (Lipinski definition) is 1. The number of carboxylic acid groups (broad SMARTS) is 1. The Bertz CT molecular complexity index is 146. The normalized spacial score (nSPS) is 9.00. The fourth-order valence-corrected chi connectivity index (χ4v) is 0.151. The summed E-state index contributed by atoms with van der Waals surface area (Å²) in [6, 6.07) is 0. The van der Waals surface area contributed by atoms with Gasteiger partial charge in [-0.15, -0.1) is 0 Å². The molecule has 0 aliphatic rings. The van der Waals surface area contributed by atoms with Crippen molar-refractivity contribution in [2.75, 3.05) is 0 Å². The van der Waals surface area contributed by atoms with Gasteiger partial charge in [0, 0.05) is 5.57 Å². The Morgan fingerprint density at radius 2 is 2.00 bits per heavy atom. The van der Waals surface area contributed by atoms with Crippen molar-refractivity contribution in [3.63, 3.8) is 0 Å². The van der Waals surface area contributed by atoms with Crippen molar-refractivity contribution in [1.29, 1.82) is 0 Å². The molecule has 0 atom stereocenters. The highest BCUT2D eigenvalue weighted by molar-refractivity contribution is 6.52. The Morgan fingerprint density at radius 1 is 1.67 bits per heavy atom. The van der Waals surface area contributed by atoms with E-state index >= 15 is 0 Å². The van der Waals surface area contributed by atoms with Gasteiger partial charge in [0.2, 0.25) is 0 Å². The summed E-state index contributed by atoms with van der Waals surface area (Å²) in [5.41, 5.74) is 0.264. The van der Waals surface area contributed by atoms with Gasteiger partial charge in [0.15, 0.2) is 9.04 Å². The second-order valence-corrected chi connectivity index (χ2v) is 6.53. The molecule has 1 N–H and O–H groups in total. The molecule has 0 aromatic rings. The highest BCUT2D eigenvalue weighted by Gasteiger charge is 1.96. The first-order valence-corrected chi connectivity index (χ1v) is 7.49. The van der Waals surface area contributed by atoms with Gasteiger partial charge in [-0.2, -0.15) is 0 Å². The lowest BCUT2D eigenvalue weighted by atomic mass is 10.2. The van der Waals surface area contributed by atoms with Crippen LogP contribution in [0, 0.1) is 0 Å². The molecular weight excluding hydrogens is 188 g/mol. The third-order valence-corrected chi connectivity index (χ3v) is 4.97. The first kappa shape index (κ1) is 14.1. The number of aliphatic carboxylic acids is 1. The predicted octanol–water partition coefficient (Wildman–Crippen LogP) is 0.304. The topological polar surface area (TPSA) is 46.5 Å². The van der Waals surface area contributed by atoms with E-state index in [1.165, 1.54) is 0 Å². The van der Waals surface area contributed by atoms with Crippen molar-refractivity contribution in [3.05, 3.63) is 12.2 Å². The number of hydrogen-bond acceptors (Lipinski definition) is 2. The lowest BCUT2D eigenvalue weighted by molar-refractivity contribution is -0.132. The van der Waals surface area contributed by atoms with Gasteiger partial charge in [-0.3, -0.25) is 0 Å². The molecule has 0 aliphatic heterocycles. The van der Waals surface area contributed by atoms with Crippen LogP contribution in [0.3, 0.4) is 0 Å². The zero-order chi connectivity index (χ0) is 10.1. The Kier molecular flexibility index (Phi) is 10.3. The second kappa shape index (κ2) is 8.70. The third kappa shape index (κ3) is 12.3. The Balaban J connectivity index is 0. The summed E-state index contributed by atoms with van der Waals surface area (Å²) in [7, 11) is 0.347. The fourth-order valence-electron chi connectivity index (χ4n) is 0.151. The maximum Gasteiger partial charge on any atom is 0.330 e. The summed E-state index contributed by atoms with van der Waals surface area (Å²) in [5.74, 6) is -0.900. The van der Waals surface area contributed by atoms with Crippen molar-refractivity contribution in [1.82, 2.24) is 0 Å². The number of carbonyl (C=O) groups is 1. The van der Waals surface area contributed by atoms with E-state index in [0.717, 1.165) is 10.5 Å². The molecule has 5 heteroatoms. The monoisotopic (exact) mass is 206 g/mol. The average molecular weight is 206 g/mol. The smallest absolute Gasteiger partial charge is 0.330 e. The number of carboxylic acids is 1. The molecule has 0 unspecified atom stereocenters. The molecule has 72 valence electrons. The van der Waals surface area contributed by atoms with Gasteiger partial charge >= 0.3 is 5.97 Å². The van der Waals surface area contributed by atoms with Crippen LogP contribution in [0.1, 0.15) is 13.3 Å². The van der Waals surface area contributed by atoms with Crippen LogP contribution in [0.2, 0.25) is 13.1 Å². The van der Waals surface area contributed by atoms with Crippen LogP contribution < -0.4 is 0 Å². The van der Waals surface area contributed by atoms with Crippen molar-refractivity contribution in [2.45, 2.75) is 26.4 Å². The number of rotatable bonds is 3. The largest absolute Gasteiger partial charge is 0.478 e. The zero-order valence-electron chi connectivity index (χ0n) is 8.26. The fraction of sp³-hybridized carbons (Fsp3) is 0.571. The summed E-state index contributed by atoms with van der Waals surface area (Å²) in [6.45, 7) is 9.38. The predicted molar refractivity (Wildman–Crippen MR) is 57.0 cm³/mol. The van der Waals surface area contributed by atoms with Gasteiger partial charge in [-0.05, 0) is 19.5 Å². The molecule has 0 radical (unpaired) electrons. The summed E-state index contributed by atoms with van der Waals surface area (Å²) in [6.07, 6.45) is 0.523. The van der Waals surface area contributed by atoms with Gasteiger partial charge in [-0.1, -0.05) is 13.5 Å². The molecule has 3 nitrogen and oxygen atoms in total. The molecule has 0 bridgehead atoms. The van der Waals surface area contributed by atoms with Gasteiger partial charge < -0.3 is 9.22 Å². The van der Waals surface area contributed by atoms with Crippen molar-refractivity contribution in [2.24, 2.45) is 0 Å². The van der Waals surface area contributed by atoms with Crippen molar-refractivity contribution >= 4 is 25.5 Å². The summed E-state index contributed by atoms with van der Waals surface area (Å²) in [4.78, 5) is 9.83. The van der Waals surface area contributed by atoms with Gasteiger partial charge in [0.05, 0.1) is 0 Å². The van der Waals surface area contributed by atoms with Crippen LogP contribution in [0.4, 0.5) is 0 Å². The molecule has 0 fully saturated rings. The zero-order valence-corrected chi connectivity index (χ0v) is 11.4. The molecule has 0 spiro atoms. The lowest BCUT2D eigenvalue weighted by Gasteiger charge is -1.93. The van der Waals surface area contributed by atoms with E-state index in [4.69, 9.17) is 9.22 Å². The first-order valence-electron chi connectivity index (χ1n) is 3.89. The van der Waals surface area contributed by atoms with Gasteiger partial charge in [0.1, 0.15) is 10.5 Å². The summed E-state index contributed by atoms with van der Waals surface area (Å²) >= 11 is 0. The molecular formula is C7H18O3Si2. The van der Waals surface area contributed by atoms with E-state index in [-0.39, 0.29) is 5.57 Å². The molecule has 0 amide bonds. The minimum Gasteiger partial charge on any atom is -0.478 e. The maximum absolute atomic E-state index is 9.83. The Hall–Kier alpha value is -0.396. The highest BCUT2D eigenvalue weighted by atomic mass is 28.3. The van der Waals surface area contributed by atoms with Crippen LogP contribution >= 0.6 is 0 Å². The van der Waals surface area contributed by atoms with E-state index in [0.29, 0.717) is 6.42 Å². The Labute approximate surface area is 78.7 Å². The average Bonchev–Trinajstić information content (AvgIpc) is 2.04. The minimum absolute atomic E-state index is 0.264. The van der Waals surface area contributed by atoms with E-state index in [9.17, 15) is 4.79 Å². The Morgan fingerprint density at radius 3 is 2.00 bits per heavy atom. The SMILES string of the molecule is C=C(CC)C(=O)O.C[SiH](C)O[SiH3]. The van der Waals surface area contributed by atoms with E-state index in [1.54, 1.807) is 6.92 Å². The molecule has 0 heterocycles. The quantitative estimate of drug-likeness (QED) is 0.534. The van der Waals surface area contributed by atoms with Gasteiger partial charge in [0.25, 0.3) is 0 Å². The van der Waals surface area contributed by atoms with Crippen molar-refractivity contribution < 1.29 is 14.0 Å². The summed E-state index contributed by atoms with van der Waals surface area (Å²) < 4.78 is 5.03. The van der Waals surface area contributed by atoms with E-state index in [1.807, 2.05) is 0 Å². The van der Waals surface area contributed by atoms with Crippen LogP contribution in [0.25, 0.3) is 0 Å². The molecule has 0 saturated heterocycles. The second-order valence-electron chi connectivity index (χ2n) is 2.55. The molecule has 0 rings (SSSR count). The van der Waals surface area contributed by atoms with Crippen LogP contribution in [-0.2, 0) is 8.91 Å². The van der Waals surface area contributed by atoms with Crippen LogP contribution in [0.5, 0.6) is 0 Å². The van der Waals surface area contributed by atoms with Crippen LogP contribution in [-0.4, -0.2) is 30.6 Å². The van der Waals surface area contributed by atoms with Gasteiger partial charge in [-0.25, -0.2) is 4.79 Å². The third-order valence-electron chi connectivity index (χ3n) is 1.20. The van der Waals surface area contributed by atoms with E-state index in [2.05, 4.69) is 19.7 Å². The highest BCUT2D eigenvalue weighted by Crippen LogP contribution is 1.93. The van der Waals surface area contributed by atoms with E-state index < -0.39 is 15.0 Å². The lowest BCUT2D eigenvalue weighted by Crippen LogP contribution is -2.02. The minimum atomic E-state index is -0.900. The molecule has 12 heavy (non-hydrogen) atoms. The molecule has 0 aromatic heterocycles. The molecule has 0 saturated carbocycles. The standard InChI is InChI=1S/C5H8O2.C2H10OSi2/c1-3-4(2)5(6)7;1-5(2)3-4/h2-3H2,1H3,(H,6,7);5H,1-2,4H3. The molecule has 0 aromatic carbocycles. The van der Waals surface area contributed by atoms with Crippen LogP contribution in [0.15, 0.2) is 12.2 Å². The molecule has 0 aliphatic carbocycles. The maximum atomic E-state index is 9.83.